The Morgan fingerprint density at radius 2 is 2.04 bits per heavy atom. The number of aryl methyl sites for hydroxylation is 1. The number of hydrogen-bond acceptors (Lipinski definition) is 4. The first kappa shape index (κ1) is 19.3. The first-order valence-corrected chi connectivity index (χ1v) is 9.23. The van der Waals surface area contributed by atoms with Gasteiger partial charge in [-0.2, -0.15) is 0 Å². The van der Waals surface area contributed by atoms with Crippen molar-refractivity contribution in [2.75, 3.05) is 11.9 Å². The van der Waals surface area contributed by atoms with E-state index in [1.54, 1.807) is 25.6 Å². The third kappa shape index (κ3) is 4.54. The van der Waals surface area contributed by atoms with Crippen LogP contribution in [0.1, 0.15) is 39.7 Å². The highest BCUT2D eigenvalue weighted by atomic mass is 32.2. The molecule has 0 aromatic heterocycles. The van der Waals surface area contributed by atoms with Crippen LogP contribution in [0.15, 0.2) is 23.1 Å². The maximum absolute atomic E-state index is 12.2. The van der Waals surface area contributed by atoms with Crippen LogP contribution in [0.2, 0.25) is 0 Å². The van der Waals surface area contributed by atoms with Crippen LogP contribution in [0.4, 0.5) is 10.5 Å². The third-order valence-electron chi connectivity index (χ3n) is 4.13. The van der Waals surface area contributed by atoms with Crippen LogP contribution in [0.25, 0.3) is 0 Å². The Labute approximate surface area is 152 Å². The molecule has 1 atom stereocenters. The van der Waals surface area contributed by atoms with Gasteiger partial charge in [0.25, 0.3) is 5.91 Å². The van der Waals surface area contributed by atoms with E-state index in [1.165, 1.54) is 0 Å². The molecule has 0 saturated carbocycles. The second kappa shape index (κ2) is 7.47. The second-order valence-corrected chi connectivity index (χ2v) is 8.32. The lowest BCUT2D eigenvalue weighted by atomic mass is 10.1. The van der Waals surface area contributed by atoms with Gasteiger partial charge in [-0.05, 0) is 51.0 Å². The standard InChI is InChI=1S/C18H25N3O3S/c1-6-12(3)25-13-7-8-14(11(2)9-13)19-15(22)10-21-16(23)18(4,5)20-17(21)24/h7-9,12H,6,10H2,1-5H3,(H,19,22)(H,20,24). The quantitative estimate of drug-likeness (QED) is 0.601. The molecule has 25 heavy (non-hydrogen) atoms. The van der Waals surface area contributed by atoms with Crippen molar-refractivity contribution in [1.29, 1.82) is 0 Å². The summed E-state index contributed by atoms with van der Waals surface area (Å²) in [4.78, 5) is 38.3. The van der Waals surface area contributed by atoms with Crippen LogP contribution < -0.4 is 10.6 Å². The normalized spacial score (nSPS) is 17.4. The summed E-state index contributed by atoms with van der Waals surface area (Å²) in [5.74, 6) is -0.795. The highest BCUT2D eigenvalue weighted by Crippen LogP contribution is 2.28. The Bertz CT molecular complexity index is 703. The number of carbonyl (C=O) groups is 3. The van der Waals surface area contributed by atoms with E-state index < -0.39 is 23.4 Å². The number of anilines is 1. The third-order valence-corrected chi connectivity index (χ3v) is 5.39. The van der Waals surface area contributed by atoms with Crippen LogP contribution in [-0.4, -0.2) is 40.1 Å². The van der Waals surface area contributed by atoms with Crippen molar-refractivity contribution in [1.82, 2.24) is 10.2 Å². The zero-order valence-electron chi connectivity index (χ0n) is 15.3. The Balaban J connectivity index is 2.01. The Kier molecular flexibility index (Phi) is 5.77. The zero-order valence-corrected chi connectivity index (χ0v) is 16.1. The molecule has 1 unspecified atom stereocenters. The molecule has 1 saturated heterocycles. The lowest BCUT2D eigenvalue weighted by molar-refractivity contribution is -0.132. The average Bonchev–Trinajstić information content (AvgIpc) is 2.71. The number of benzene rings is 1. The fraction of sp³-hybridized carbons (Fsp3) is 0.500. The van der Waals surface area contributed by atoms with Crippen LogP contribution in [-0.2, 0) is 9.59 Å². The molecular formula is C18H25N3O3S. The van der Waals surface area contributed by atoms with Crippen LogP contribution in [0, 0.1) is 6.92 Å². The maximum atomic E-state index is 12.2. The molecule has 1 heterocycles. The first-order chi connectivity index (χ1) is 11.6. The Hall–Kier alpha value is -2.02. The number of nitrogens with zero attached hydrogens (tertiary/aromatic N) is 1. The average molecular weight is 363 g/mol. The molecule has 0 spiro atoms. The summed E-state index contributed by atoms with van der Waals surface area (Å²) in [7, 11) is 0. The summed E-state index contributed by atoms with van der Waals surface area (Å²) in [6.45, 7) is 9.18. The number of rotatable bonds is 6. The SMILES string of the molecule is CCC(C)Sc1ccc(NC(=O)CN2C(=O)NC(C)(C)C2=O)c(C)c1. The zero-order chi connectivity index (χ0) is 18.8. The molecular weight excluding hydrogens is 338 g/mol. The van der Waals surface area contributed by atoms with E-state index in [0.717, 1.165) is 21.8 Å². The molecule has 136 valence electrons. The van der Waals surface area contributed by atoms with Crippen molar-refractivity contribution >= 4 is 35.3 Å². The number of nitrogens with one attached hydrogen (secondary N) is 2. The molecule has 2 N–H and O–H groups in total. The second-order valence-electron chi connectivity index (χ2n) is 6.81. The summed E-state index contributed by atoms with van der Waals surface area (Å²) >= 11 is 1.79. The van der Waals surface area contributed by atoms with E-state index in [0.29, 0.717) is 10.9 Å². The van der Waals surface area contributed by atoms with Gasteiger partial charge in [0.15, 0.2) is 0 Å². The van der Waals surface area contributed by atoms with Gasteiger partial charge in [-0.25, -0.2) is 4.79 Å². The fourth-order valence-electron chi connectivity index (χ4n) is 2.46. The minimum Gasteiger partial charge on any atom is -0.324 e. The Morgan fingerprint density at radius 1 is 1.36 bits per heavy atom. The number of carbonyl (C=O) groups excluding carboxylic acids is 3. The molecule has 6 nitrogen and oxygen atoms in total. The molecule has 0 aliphatic carbocycles. The number of amides is 4. The van der Waals surface area contributed by atoms with Crippen molar-refractivity contribution in [3.05, 3.63) is 23.8 Å². The van der Waals surface area contributed by atoms with Gasteiger partial charge >= 0.3 is 6.03 Å². The topological polar surface area (TPSA) is 78.5 Å². The van der Waals surface area contributed by atoms with E-state index in [4.69, 9.17) is 0 Å². The minimum absolute atomic E-state index is 0.295. The summed E-state index contributed by atoms with van der Waals surface area (Å²) in [5.41, 5.74) is 0.659. The monoisotopic (exact) mass is 363 g/mol. The number of imide groups is 1. The van der Waals surface area contributed by atoms with Crippen molar-refractivity contribution in [2.24, 2.45) is 0 Å². The molecule has 1 fully saturated rings. The summed E-state index contributed by atoms with van der Waals surface area (Å²) < 4.78 is 0. The number of hydrogen-bond donors (Lipinski definition) is 2. The summed E-state index contributed by atoms with van der Waals surface area (Å²) in [5, 5.41) is 5.87. The van der Waals surface area contributed by atoms with Gasteiger partial charge in [0.05, 0.1) is 0 Å². The van der Waals surface area contributed by atoms with E-state index in [1.807, 2.05) is 25.1 Å². The van der Waals surface area contributed by atoms with E-state index in [-0.39, 0.29) is 6.54 Å². The number of thioether (sulfide) groups is 1. The maximum Gasteiger partial charge on any atom is 0.325 e. The van der Waals surface area contributed by atoms with Crippen LogP contribution in [0.3, 0.4) is 0 Å². The lowest BCUT2D eigenvalue weighted by Gasteiger charge is -2.16. The van der Waals surface area contributed by atoms with E-state index >= 15 is 0 Å². The minimum atomic E-state index is -0.970. The highest BCUT2D eigenvalue weighted by Gasteiger charge is 2.44. The smallest absolute Gasteiger partial charge is 0.324 e. The van der Waals surface area contributed by atoms with Gasteiger partial charge in [-0.3, -0.25) is 14.5 Å². The molecule has 0 radical (unpaired) electrons. The Morgan fingerprint density at radius 3 is 2.56 bits per heavy atom. The lowest BCUT2D eigenvalue weighted by Crippen LogP contribution is -2.41. The predicted molar refractivity (Wildman–Crippen MR) is 99.7 cm³/mol. The van der Waals surface area contributed by atoms with E-state index in [2.05, 4.69) is 24.5 Å². The molecule has 2 rings (SSSR count). The van der Waals surface area contributed by atoms with Gasteiger partial charge < -0.3 is 10.6 Å². The van der Waals surface area contributed by atoms with Crippen molar-refractivity contribution in [3.63, 3.8) is 0 Å². The molecule has 1 aliphatic heterocycles. The highest BCUT2D eigenvalue weighted by molar-refractivity contribution is 7.99. The summed E-state index contributed by atoms with van der Waals surface area (Å²) in [6.07, 6.45) is 1.09. The van der Waals surface area contributed by atoms with Crippen molar-refractivity contribution in [2.45, 2.75) is 56.7 Å². The molecule has 0 bridgehead atoms. The van der Waals surface area contributed by atoms with Gasteiger partial charge in [0.1, 0.15) is 12.1 Å². The predicted octanol–water partition coefficient (Wildman–Crippen LogP) is 3.15. The molecule has 7 heteroatoms. The van der Waals surface area contributed by atoms with Crippen molar-refractivity contribution in [3.8, 4) is 0 Å². The van der Waals surface area contributed by atoms with Crippen molar-refractivity contribution < 1.29 is 14.4 Å². The fourth-order valence-corrected chi connectivity index (χ4v) is 3.48. The van der Waals surface area contributed by atoms with Gasteiger partial charge in [0, 0.05) is 15.8 Å². The van der Waals surface area contributed by atoms with Gasteiger partial charge in [-0.1, -0.05) is 13.8 Å². The summed E-state index contributed by atoms with van der Waals surface area (Å²) in [6, 6.07) is 5.31. The van der Waals surface area contributed by atoms with Gasteiger partial charge in [0.2, 0.25) is 5.91 Å². The van der Waals surface area contributed by atoms with E-state index in [9.17, 15) is 14.4 Å². The molecule has 1 aromatic carbocycles. The van der Waals surface area contributed by atoms with Crippen LogP contribution in [0.5, 0.6) is 0 Å². The molecule has 4 amide bonds. The first-order valence-electron chi connectivity index (χ1n) is 8.35. The largest absolute Gasteiger partial charge is 0.325 e. The molecule has 1 aromatic rings. The number of urea groups is 1. The van der Waals surface area contributed by atoms with Gasteiger partial charge in [-0.15, -0.1) is 11.8 Å². The van der Waals surface area contributed by atoms with Crippen LogP contribution >= 0.6 is 11.8 Å². The molecule has 1 aliphatic rings.